The van der Waals surface area contributed by atoms with E-state index >= 15 is 0 Å². The number of carboxylic acids is 1. The Morgan fingerprint density at radius 3 is 2.40 bits per heavy atom. The minimum atomic E-state index is -4.13. The molecule has 1 rings (SSSR count). The summed E-state index contributed by atoms with van der Waals surface area (Å²) < 4.78 is 38.4. The molecule has 0 fully saturated rings. The molecule has 7 nitrogen and oxygen atoms in total. The van der Waals surface area contributed by atoms with Gasteiger partial charge in [0.2, 0.25) is 15.9 Å². The lowest BCUT2D eigenvalue weighted by Crippen LogP contribution is -2.35. The molecule has 0 aliphatic carbocycles. The summed E-state index contributed by atoms with van der Waals surface area (Å²) in [6.45, 7) is 0.677. The number of halogens is 1. The number of nitrogens with two attached hydrogens (primary N) is 1. The number of carboxylic acid groups (broad SMARTS) is 1. The first-order valence-electron chi connectivity index (χ1n) is 5.35. The van der Waals surface area contributed by atoms with Crippen molar-refractivity contribution in [2.45, 2.75) is 11.8 Å². The van der Waals surface area contributed by atoms with E-state index in [1.807, 2.05) is 0 Å². The second-order valence-corrected chi connectivity index (χ2v) is 6.18. The van der Waals surface area contributed by atoms with Crippen LogP contribution in [0.1, 0.15) is 15.9 Å². The maximum atomic E-state index is 13.6. The Balaban J connectivity index is 3.40. The number of primary amides is 1. The highest BCUT2D eigenvalue weighted by Gasteiger charge is 2.25. The summed E-state index contributed by atoms with van der Waals surface area (Å²) >= 11 is 0. The molecular formula is C11H13FN2O5S. The van der Waals surface area contributed by atoms with E-state index < -0.39 is 44.7 Å². The molecule has 3 N–H and O–H groups in total. The Bertz CT molecular complexity index is 672. The quantitative estimate of drug-likeness (QED) is 0.790. The second-order valence-electron chi connectivity index (χ2n) is 4.13. The molecule has 0 atom stereocenters. The lowest BCUT2D eigenvalue weighted by Gasteiger charge is -2.16. The lowest BCUT2D eigenvalue weighted by molar-refractivity contribution is -0.118. The minimum absolute atomic E-state index is 0.129. The zero-order valence-electron chi connectivity index (χ0n) is 10.8. The van der Waals surface area contributed by atoms with Crippen molar-refractivity contribution >= 4 is 21.9 Å². The van der Waals surface area contributed by atoms with Crippen molar-refractivity contribution in [2.24, 2.45) is 5.73 Å². The van der Waals surface area contributed by atoms with Crippen molar-refractivity contribution in [3.05, 3.63) is 29.1 Å². The number of aromatic carboxylic acids is 1. The van der Waals surface area contributed by atoms with Gasteiger partial charge in [-0.15, -0.1) is 0 Å². The Morgan fingerprint density at radius 1 is 1.40 bits per heavy atom. The zero-order valence-corrected chi connectivity index (χ0v) is 11.6. The van der Waals surface area contributed by atoms with E-state index in [2.05, 4.69) is 0 Å². The highest BCUT2D eigenvalue weighted by molar-refractivity contribution is 7.89. The first-order chi connectivity index (χ1) is 9.07. The Hall–Kier alpha value is -2.00. The summed E-state index contributed by atoms with van der Waals surface area (Å²) in [7, 11) is -3.02. The molecule has 0 aliphatic rings. The maximum Gasteiger partial charge on any atom is 0.338 e. The van der Waals surface area contributed by atoms with Gasteiger partial charge in [-0.3, -0.25) is 4.79 Å². The van der Waals surface area contributed by atoms with Gasteiger partial charge >= 0.3 is 5.97 Å². The van der Waals surface area contributed by atoms with Crippen LogP contribution in [0.3, 0.4) is 0 Å². The molecule has 0 saturated heterocycles. The molecule has 20 heavy (non-hydrogen) atoms. The first-order valence-corrected chi connectivity index (χ1v) is 6.79. The summed E-state index contributed by atoms with van der Waals surface area (Å²) in [4.78, 5) is 21.2. The molecule has 1 aromatic carbocycles. The van der Waals surface area contributed by atoms with Crippen molar-refractivity contribution < 1.29 is 27.5 Å². The summed E-state index contributed by atoms with van der Waals surface area (Å²) in [6, 6.07) is 1.70. The van der Waals surface area contributed by atoms with Gasteiger partial charge in [0.25, 0.3) is 0 Å². The third-order valence-electron chi connectivity index (χ3n) is 2.55. The molecule has 9 heteroatoms. The zero-order chi connectivity index (χ0) is 15.7. The van der Waals surface area contributed by atoms with Gasteiger partial charge in [-0.2, -0.15) is 4.31 Å². The molecule has 0 heterocycles. The van der Waals surface area contributed by atoms with E-state index in [0.717, 1.165) is 13.1 Å². The number of aryl methyl sites for hydroxylation is 1. The summed E-state index contributed by atoms with van der Waals surface area (Å²) in [5.41, 5.74) is 4.02. The molecule has 0 bridgehead atoms. The fraction of sp³-hybridized carbons (Fsp3) is 0.273. The van der Waals surface area contributed by atoms with Crippen LogP contribution in [-0.2, 0) is 14.8 Å². The van der Waals surface area contributed by atoms with Gasteiger partial charge in [-0.05, 0) is 24.6 Å². The molecule has 0 aliphatic heterocycles. The van der Waals surface area contributed by atoms with Gasteiger partial charge in [0, 0.05) is 7.05 Å². The summed E-state index contributed by atoms with van der Waals surface area (Å²) in [5, 5.41) is 8.84. The van der Waals surface area contributed by atoms with Gasteiger partial charge in [-0.1, -0.05) is 0 Å². The van der Waals surface area contributed by atoms with Crippen LogP contribution in [0.2, 0.25) is 0 Å². The third-order valence-corrected chi connectivity index (χ3v) is 4.33. The van der Waals surface area contributed by atoms with E-state index in [9.17, 15) is 22.4 Å². The lowest BCUT2D eigenvalue weighted by atomic mass is 10.1. The second kappa shape index (κ2) is 5.55. The van der Waals surface area contributed by atoms with Crippen LogP contribution in [0.5, 0.6) is 0 Å². The molecule has 1 amide bonds. The topological polar surface area (TPSA) is 118 Å². The highest BCUT2D eigenvalue weighted by Crippen LogP contribution is 2.21. The van der Waals surface area contributed by atoms with Crippen molar-refractivity contribution in [1.82, 2.24) is 4.31 Å². The smallest absolute Gasteiger partial charge is 0.338 e. The van der Waals surface area contributed by atoms with E-state index in [-0.39, 0.29) is 5.56 Å². The van der Waals surface area contributed by atoms with E-state index in [4.69, 9.17) is 10.8 Å². The van der Waals surface area contributed by atoms with Crippen LogP contribution < -0.4 is 5.73 Å². The number of rotatable bonds is 5. The number of hydrogen-bond acceptors (Lipinski definition) is 4. The SMILES string of the molecule is Cc1cc(S(=O)(=O)N(C)CC(N)=O)cc(C(=O)O)c1F. The van der Waals surface area contributed by atoms with Crippen LogP contribution in [0, 0.1) is 12.7 Å². The summed E-state index contributed by atoms with van der Waals surface area (Å²) in [5.74, 6) is -3.46. The van der Waals surface area contributed by atoms with Crippen LogP contribution in [0.15, 0.2) is 17.0 Å². The standard InChI is InChI=1S/C11H13FN2O5S/c1-6-3-7(4-8(10(6)12)11(16)17)20(18,19)14(2)5-9(13)15/h3-4H,5H2,1-2H3,(H2,13,15)(H,16,17). The average Bonchev–Trinajstić information content (AvgIpc) is 2.30. The van der Waals surface area contributed by atoms with Crippen molar-refractivity contribution in [3.8, 4) is 0 Å². The largest absolute Gasteiger partial charge is 0.478 e. The summed E-state index contributed by atoms with van der Waals surface area (Å²) in [6.07, 6.45) is 0. The fourth-order valence-corrected chi connectivity index (χ4v) is 2.77. The van der Waals surface area contributed by atoms with Crippen molar-refractivity contribution in [2.75, 3.05) is 13.6 Å². The first kappa shape index (κ1) is 16.1. The predicted octanol–water partition coefficient (Wildman–Crippen LogP) is -0.0619. The molecule has 1 aromatic rings. The molecule has 0 spiro atoms. The predicted molar refractivity (Wildman–Crippen MR) is 67.1 cm³/mol. The van der Waals surface area contributed by atoms with Crippen molar-refractivity contribution in [1.29, 1.82) is 0 Å². The Morgan fingerprint density at radius 2 is 1.95 bits per heavy atom. The highest BCUT2D eigenvalue weighted by atomic mass is 32.2. The molecule has 0 aromatic heterocycles. The third kappa shape index (κ3) is 3.11. The molecule has 0 unspecified atom stereocenters. The van der Waals surface area contributed by atoms with Gasteiger partial charge < -0.3 is 10.8 Å². The Labute approximate surface area is 114 Å². The number of nitrogens with zero attached hydrogens (tertiary/aromatic N) is 1. The number of carbonyl (C=O) groups excluding carboxylic acids is 1. The number of carbonyl (C=O) groups is 2. The minimum Gasteiger partial charge on any atom is -0.478 e. The maximum absolute atomic E-state index is 13.6. The number of likely N-dealkylation sites (N-methyl/N-ethyl adjacent to an activating group) is 1. The normalized spacial score (nSPS) is 11.6. The van der Waals surface area contributed by atoms with Gasteiger partial charge in [0.15, 0.2) is 0 Å². The number of hydrogen-bond donors (Lipinski definition) is 2. The molecule has 0 saturated carbocycles. The van der Waals surface area contributed by atoms with E-state index in [1.165, 1.54) is 6.92 Å². The number of amides is 1. The number of sulfonamides is 1. The van der Waals surface area contributed by atoms with Gasteiger partial charge in [0.05, 0.1) is 17.0 Å². The molecule has 110 valence electrons. The monoisotopic (exact) mass is 304 g/mol. The number of benzene rings is 1. The fourth-order valence-electron chi connectivity index (χ4n) is 1.53. The van der Waals surface area contributed by atoms with Crippen molar-refractivity contribution in [3.63, 3.8) is 0 Å². The van der Waals surface area contributed by atoms with Gasteiger partial charge in [0.1, 0.15) is 5.82 Å². The van der Waals surface area contributed by atoms with Crippen LogP contribution >= 0.6 is 0 Å². The van der Waals surface area contributed by atoms with Crippen LogP contribution in [0.25, 0.3) is 0 Å². The molecular weight excluding hydrogens is 291 g/mol. The van der Waals surface area contributed by atoms with Crippen LogP contribution in [-0.4, -0.2) is 43.3 Å². The van der Waals surface area contributed by atoms with E-state index in [0.29, 0.717) is 10.4 Å². The van der Waals surface area contributed by atoms with E-state index in [1.54, 1.807) is 0 Å². The van der Waals surface area contributed by atoms with Gasteiger partial charge in [-0.25, -0.2) is 17.6 Å². The molecule has 0 radical (unpaired) electrons. The average molecular weight is 304 g/mol. The Kier molecular flexibility index (Phi) is 4.46. The van der Waals surface area contributed by atoms with Crippen LogP contribution in [0.4, 0.5) is 4.39 Å².